The molecule has 0 aromatic carbocycles. The summed E-state index contributed by atoms with van der Waals surface area (Å²) in [6.45, 7) is 6.35. The van der Waals surface area contributed by atoms with E-state index in [0.717, 1.165) is 23.0 Å². The van der Waals surface area contributed by atoms with Gasteiger partial charge in [-0.25, -0.2) is 9.97 Å². The fourth-order valence-electron chi connectivity index (χ4n) is 1.11. The number of aromatic nitrogens is 2. The van der Waals surface area contributed by atoms with Gasteiger partial charge in [0.15, 0.2) is 0 Å². The van der Waals surface area contributed by atoms with Crippen molar-refractivity contribution in [2.45, 2.75) is 26.5 Å². The van der Waals surface area contributed by atoms with Crippen LogP contribution in [-0.4, -0.2) is 15.7 Å². The van der Waals surface area contributed by atoms with Crippen LogP contribution in [0.4, 0.5) is 5.82 Å². The predicted octanol–water partition coefficient (Wildman–Crippen LogP) is 2.26. The van der Waals surface area contributed by atoms with Crippen LogP contribution >= 0.6 is 11.8 Å². The largest absolute Gasteiger partial charge is 0.384 e. The molecule has 0 fully saturated rings. The van der Waals surface area contributed by atoms with E-state index in [2.05, 4.69) is 23.8 Å². The zero-order valence-corrected chi connectivity index (χ0v) is 9.77. The Morgan fingerprint density at radius 3 is 2.71 bits per heavy atom. The van der Waals surface area contributed by atoms with Gasteiger partial charge >= 0.3 is 0 Å². The second-order valence-electron chi connectivity index (χ2n) is 3.76. The summed E-state index contributed by atoms with van der Waals surface area (Å²) in [4.78, 5) is 8.50. The SMILES string of the molecule is Cc1cc(N)nc(CSCC(C)C)n1. The van der Waals surface area contributed by atoms with Gasteiger partial charge in [-0.15, -0.1) is 0 Å². The molecule has 0 aliphatic rings. The lowest BCUT2D eigenvalue weighted by Crippen LogP contribution is -2.01. The van der Waals surface area contributed by atoms with Crippen LogP contribution in [0.3, 0.4) is 0 Å². The molecule has 4 heteroatoms. The fourth-order valence-corrected chi connectivity index (χ4v) is 2.01. The van der Waals surface area contributed by atoms with Crippen molar-refractivity contribution >= 4 is 17.6 Å². The van der Waals surface area contributed by atoms with Crippen LogP contribution in [0.5, 0.6) is 0 Å². The van der Waals surface area contributed by atoms with Gasteiger partial charge in [-0.1, -0.05) is 13.8 Å². The molecule has 0 aliphatic carbocycles. The monoisotopic (exact) mass is 211 g/mol. The first-order chi connectivity index (χ1) is 6.58. The summed E-state index contributed by atoms with van der Waals surface area (Å²) in [6, 6.07) is 1.79. The average molecular weight is 211 g/mol. The van der Waals surface area contributed by atoms with Crippen molar-refractivity contribution in [1.29, 1.82) is 0 Å². The van der Waals surface area contributed by atoms with Gasteiger partial charge in [0.25, 0.3) is 0 Å². The first-order valence-corrected chi connectivity index (χ1v) is 5.91. The Morgan fingerprint density at radius 2 is 2.14 bits per heavy atom. The summed E-state index contributed by atoms with van der Waals surface area (Å²) in [5, 5.41) is 0. The van der Waals surface area contributed by atoms with E-state index in [9.17, 15) is 0 Å². The highest BCUT2D eigenvalue weighted by Gasteiger charge is 2.01. The van der Waals surface area contributed by atoms with E-state index in [0.29, 0.717) is 11.7 Å². The number of anilines is 1. The minimum absolute atomic E-state index is 0.567. The fraction of sp³-hybridized carbons (Fsp3) is 0.600. The van der Waals surface area contributed by atoms with Crippen LogP contribution in [-0.2, 0) is 5.75 Å². The molecular weight excluding hydrogens is 194 g/mol. The van der Waals surface area contributed by atoms with Gasteiger partial charge in [-0.3, -0.25) is 0 Å². The summed E-state index contributed by atoms with van der Waals surface area (Å²) >= 11 is 1.85. The molecule has 14 heavy (non-hydrogen) atoms. The van der Waals surface area contributed by atoms with Gasteiger partial charge in [0.1, 0.15) is 11.6 Å². The molecule has 0 bridgehead atoms. The van der Waals surface area contributed by atoms with E-state index in [1.165, 1.54) is 0 Å². The quantitative estimate of drug-likeness (QED) is 0.830. The average Bonchev–Trinajstić information content (AvgIpc) is 2.01. The normalized spacial score (nSPS) is 10.9. The molecule has 0 saturated heterocycles. The number of nitrogens with two attached hydrogens (primary N) is 1. The van der Waals surface area contributed by atoms with Gasteiger partial charge in [0, 0.05) is 11.8 Å². The molecule has 1 aromatic rings. The van der Waals surface area contributed by atoms with Gasteiger partial charge < -0.3 is 5.73 Å². The van der Waals surface area contributed by atoms with Gasteiger partial charge in [-0.2, -0.15) is 11.8 Å². The van der Waals surface area contributed by atoms with E-state index >= 15 is 0 Å². The number of nitrogen functional groups attached to an aromatic ring is 1. The number of hydrogen-bond acceptors (Lipinski definition) is 4. The Kier molecular flexibility index (Phi) is 4.20. The number of rotatable bonds is 4. The first-order valence-electron chi connectivity index (χ1n) is 4.75. The highest BCUT2D eigenvalue weighted by molar-refractivity contribution is 7.98. The molecule has 0 radical (unpaired) electrons. The van der Waals surface area contributed by atoms with Crippen molar-refractivity contribution in [3.05, 3.63) is 17.6 Å². The molecule has 0 amide bonds. The van der Waals surface area contributed by atoms with Gasteiger partial charge in [0.05, 0.1) is 5.75 Å². The lowest BCUT2D eigenvalue weighted by molar-refractivity contribution is 0.749. The maximum Gasteiger partial charge on any atom is 0.140 e. The van der Waals surface area contributed by atoms with Crippen LogP contribution < -0.4 is 5.73 Å². The van der Waals surface area contributed by atoms with Gasteiger partial charge in [-0.05, 0) is 18.6 Å². The first kappa shape index (κ1) is 11.3. The summed E-state index contributed by atoms with van der Waals surface area (Å²) < 4.78 is 0. The van der Waals surface area contributed by atoms with Crippen molar-refractivity contribution in [3.63, 3.8) is 0 Å². The van der Waals surface area contributed by atoms with E-state index < -0.39 is 0 Å². The molecule has 0 spiro atoms. The topological polar surface area (TPSA) is 51.8 Å². The molecule has 0 atom stereocenters. The minimum atomic E-state index is 0.567. The third kappa shape index (κ3) is 3.96. The third-order valence-corrected chi connectivity index (χ3v) is 2.97. The standard InChI is InChI=1S/C10H17N3S/c1-7(2)5-14-6-10-12-8(3)4-9(11)13-10/h4,7H,5-6H2,1-3H3,(H2,11,12,13). The molecular formula is C10H17N3S. The lowest BCUT2D eigenvalue weighted by Gasteiger charge is -2.04. The number of aryl methyl sites for hydroxylation is 1. The minimum Gasteiger partial charge on any atom is -0.384 e. The Balaban J connectivity index is 2.50. The van der Waals surface area contributed by atoms with E-state index in [1.54, 1.807) is 6.07 Å². The zero-order valence-electron chi connectivity index (χ0n) is 8.95. The predicted molar refractivity (Wildman–Crippen MR) is 62.2 cm³/mol. The summed E-state index contributed by atoms with van der Waals surface area (Å²) in [5.41, 5.74) is 6.57. The number of hydrogen-bond donors (Lipinski definition) is 1. The van der Waals surface area contributed by atoms with E-state index in [-0.39, 0.29) is 0 Å². The molecule has 1 rings (SSSR count). The lowest BCUT2D eigenvalue weighted by atomic mass is 10.3. The van der Waals surface area contributed by atoms with E-state index in [1.807, 2.05) is 18.7 Å². The third-order valence-electron chi connectivity index (χ3n) is 1.60. The highest BCUT2D eigenvalue weighted by Crippen LogP contribution is 2.13. The Morgan fingerprint density at radius 1 is 1.43 bits per heavy atom. The van der Waals surface area contributed by atoms with Crippen molar-refractivity contribution < 1.29 is 0 Å². The van der Waals surface area contributed by atoms with Crippen LogP contribution in [0.15, 0.2) is 6.07 Å². The summed E-state index contributed by atoms with van der Waals surface area (Å²) in [6.07, 6.45) is 0. The van der Waals surface area contributed by atoms with Crippen LogP contribution in [0, 0.1) is 12.8 Å². The molecule has 1 heterocycles. The smallest absolute Gasteiger partial charge is 0.140 e. The van der Waals surface area contributed by atoms with Crippen molar-refractivity contribution in [2.24, 2.45) is 5.92 Å². The highest BCUT2D eigenvalue weighted by atomic mass is 32.2. The maximum atomic E-state index is 5.63. The molecule has 3 nitrogen and oxygen atoms in total. The maximum absolute atomic E-state index is 5.63. The molecule has 2 N–H and O–H groups in total. The van der Waals surface area contributed by atoms with Crippen molar-refractivity contribution in [3.8, 4) is 0 Å². The molecule has 78 valence electrons. The van der Waals surface area contributed by atoms with Crippen molar-refractivity contribution in [2.75, 3.05) is 11.5 Å². The Hall–Kier alpha value is -0.770. The van der Waals surface area contributed by atoms with Crippen LogP contribution in [0.1, 0.15) is 25.4 Å². The molecule has 0 unspecified atom stereocenters. The van der Waals surface area contributed by atoms with Crippen LogP contribution in [0.25, 0.3) is 0 Å². The molecule has 1 aromatic heterocycles. The van der Waals surface area contributed by atoms with Gasteiger partial charge in [0.2, 0.25) is 0 Å². The molecule has 0 saturated carbocycles. The van der Waals surface area contributed by atoms with Crippen LogP contribution in [0.2, 0.25) is 0 Å². The Bertz CT molecular complexity index is 279. The summed E-state index contributed by atoms with van der Waals surface area (Å²) in [5.74, 6) is 4.11. The summed E-state index contributed by atoms with van der Waals surface area (Å²) in [7, 11) is 0. The second kappa shape index (κ2) is 5.20. The Labute approximate surface area is 89.5 Å². The van der Waals surface area contributed by atoms with Crippen molar-refractivity contribution in [1.82, 2.24) is 9.97 Å². The zero-order chi connectivity index (χ0) is 10.6. The second-order valence-corrected chi connectivity index (χ2v) is 4.79. The number of nitrogens with zero attached hydrogens (tertiary/aromatic N) is 2. The van der Waals surface area contributed by atoms with E-state index in [4.69, 9.17) is 5.73 Å². The molecule has 0 aliphatic heterocycles. The number of thioether (sulfide) groups is 1.